The summed E-state index contributed by atoms with van der Waals surface area (Å²) < 4.78 is 24.7. The predicted molar refractivity (Wildman–Crippen MR) is 161 cm³/mol. The summed E-state index contributed by atoms with van der Waals surface area (Å²) in [4.78, 5) is 43.1. The molecule has 1 heterocycles. The lowest BCUT2D eigenvalue weighted by Crippen LogP contribution is -2.43. The number of sulfone groups is 1. The van der Waals surface area contributed by atoms with Crippen molar-refractivity contribution in [2.24, 2.45) is 17.0 Å². The van der Waals surface area contributed by atoms with E-state index in [2.05, 4.69) is 20.7 Å². The van der Waals surface area contributed by atoms with Gasteiger partial charge in [-0.25, -0.2) is 8.42 Å². The number of nitrogens with zero attached hydrogens (tertiary/aromatic N) is 4. The van der Waals surface area contributed by atoms with Gasteiger partial charge in [0.2, 0.25) is 11.8 Å². The van der Waals surface area contributed by atoms with Gasteiger partial charge in [-0.1, -0.05) is 69.2 Å². The van der Waals surface area contributed by atoms with Crippen molar-refractivity contribution in [3.05, 3.63) is 86.0 Å². The second kappa shape index (κ2) is 15.2. The van der Waals surface area contributed by atoms with Gasteiger partial charge >= 0.3 is 0 Å². The van der Waals surface area contributed by atoms with E-state index < -0.39 is 45.3 Å². The Morgan fingerprint density at radius 2 is 1.71 bits per heavy atom. The zero-order valence-corrected chi connectivity index (χ0v) is 25.3. The molecule has 0 aliphatic carbocycles. The van der Waals surface area contributed by atoms with Crippen LogP contribution in [0.3, 0.4) is 0 Å². The Kier molecular flexibility index (Phi) is 12.4. The van der Waals surface area contributed by atoms with Crippen LogP contribution in [0.15, 0.2) is 64.0 Å². The quantitative estimate of drug-likeness (QED) is 0.187. The number of carbonyl (C=O) groups is 2. The van der Waals surface area contributed by atoms with Crippen molar-refractivity contribution in [1.29, 1.82) is 0 Å². The average molecular weight is 585 g/mol. The van der Waals surface area contributed by atoms with Crippen LogP contribution >= 0.6 is 0 Å². The number of pyridine rings is 1. The molecule has 1 aromatic carbocycles. The van der Waals surface area contributed by atoms with Crippen LogP contribution in [0.4, 0.5) is 5.69 Å². The SMILES string of the molecule is Cc1cc(NC(=O)[C@H](Cc2ccccc2)N=[N+]=[N-])c(=O)n([C@H](CC(C)C)C(=O)N[C@H](/C=C/S(C)(=O)=O)CC(C)C)c1. The Morgan fingerprint density at radius 3 is 2.27 bits per heavy atom. The van der Waals surface area contributed by atoms with Crippen molar-refractivity contribution < 1.29 is 18.0 Å². The van der Waals surface area contributed by atoms with Gasteiger partial charge < -0.3 is 15.2 Å². The summed E-state index contributed by atoms with van der Waals surface area (Å²) in [7, 11) is -3.40. The Balaban J connectivity index is 2.43. The maximum atomic E-state index is 13.6. The first kappa shape index (κ1) is 33.3. The molecule has 1 aromatic heterocycles. The third-order valence-corrected chi connectivity index (χ3v) is 6.80. The zero-order valence-electron chi connectivity index (χ0n) is 24.4. The summed E-state index contributed by atoms with van der Waals surface area (Å²) in [6, 6.07) is 7.99. The number of aromatic nitrogens is 1. The molecule has 0 saturated heterocycles. The second-order valence-electron chi connectivity index (χ2n) is 11.1. The van der Waals surface area contributed by atoms with Crippen molar-refractivity contribution in [3.8, 4) is 0 Å². The molecule has 0 aliphatic heterocycles. The van der Waals surface area contributed by atoms with Gasteiger partial charge in [0.1, 0.15) is 17.8 Å². The molecule has 0 bridgehead atoms. The number of anilines is 1. The largest absolute Gasteiger partial charge is 0.348 e. The van der Waals surface area contributed by atoms with Crippen LogP contribution in [0.5, 0.6) is 0 Å². The van der Waals surface area contributed by atoms with E-state index in [0.717, 1.165) is 17.2 Å². The van der Waals surface area contributed by atoms with Crippen LogP contribution in [-0.2, 0) is 25.8 Å². The van der Waals surface area contributed by atoms with Crippen molar-refractivity contribution in [2.75, 3.05) is 11.6 Å². The number of azide groups is 1. The fourth-order valence-corrected chi connectivity index (χ4v) is 4.85. The van der Waals surface area contributed by atoms with Crippen molar-refractivity contribution >= 4 is 27.3 Å². The molecule has 12 heteroatoms. The third-order valence-electron chi connectivity index (χ3n) is 6.15. The molecule has 0 saturated carbocycles. The highest BCUT2D eigenvalue weighted by Gasteiger charge is 2.27. The van der Waals surface area contributed by atoms with Gasteiger partial charge in [-0.15, -0.1) is 0 Å². The molecular formula is C29H40N6O5S. The van der Waals surface area contributed by atoms with E-state index in [9.17, 15) is 22.8 Å². The molecule has 41 heavy (non-hydrogen) atoms. The maximum Gasteiger partial charge on any atom is 0.275 e. The number of amides is 2. The molecule has 222 valence electrons. The Morgan fingerprint density at radius 1 is 1.07 bits per heavy atom. The minimum atomic E-state index is -3.40. The first-order valence-electron chi connectivity index (χ1n) is 13.5. The monoisotopic (exact) mass is 584 g/mol. The smallest absolute Gasteiger partial charge is 0.275 e. The summed E-state index contributed by atoms with van der Waals surface area (Å²) in [5.74, 6) is -0.889. The number of carbonyl (C=O) groups excluding carboxylic acids is 2. The molecule has 2 rings (SSSR count). The van der Waals surface area contributed by atoms with Crippen molar-refractivity contribution in [1.82, 2.24) is 9.88 Å². The number of benzene rings is 1. The molecular weight excluding hydrogens is 544 g/mol. The van der Waals surface area contributed by atoms with Gasteiger partial charge in [0.15, 0.2) is 9.84 Å². The van der Waals surface area contributed by atoms with Gasteiger partial charge in [-0.3, -0.25) is 14.4 Å². The van der Waals surface area contributed by atoms with Crippen LogP contribution < -0.4 is 16.2 Å². The molecule has 0 spiro atoms. The number of aryl methyl sites for hydroxylation is 1. The second-order valence-corrected chi connectivity index (χ2v) is 13.0. The highest BCUT2D eigenvalue weighted by atomic mass is 32.2. The normalized spacial score (nSPS) is 14.0. The fraction of sp³-hybridized carbons (Fsp3) is 0.483. The molecule has 0 fully saturated rings. The van der Waals surface area contributed by atoms with Gasteiger partial charge in [-0.2, -0.15) is 0 Å². The zero-order chi connectivity index (χ0) is 30.7. The minimum Gasteiger partial charge on any atom is -0.348 e. The lowest BCUT2D eigenvalue weighted by molar-refractivity contribution is -0.125. The highest BCUT2D eigenvalue weighted by molar-refractivity contribution is 7.93. The summed E-state index contributed by atoms with van der Waals surface area (Å²) in [5, 5.41) is 10.2. The molecule has 2 aromatic rings. The van der Waals surface area contributed by atoms with E-state index in [0.29, 0.717) is 18.4 Å². The van der Waals surface area contributed by atoms with Gasteiger partial charge in [-0.05, 0) is 60.7 Å². The summed E-state index contributed by atoms with van der Waals surface area (Å²) in [5.41, 5.74) is 9.81. The Bertz CT molecular complexity index is 1440. The molecule has 0 unspecified atom stereocenters. The first-order valence-corrected chi connectivity index (χ1v) is 15.5. The maximum absolute atomic E-state index is 13.6. The van der Waals surface area contributed by atoms with Crippen LogP contribution in [-0.4, -0.2) is 43.1 Å². The van der Waals surface area contributed by atoms with Crippen LogP contribution in [0, 0.1) is 18.8 Å². The van der Waals surface area contributed by atoms with E-state index in [4.69, 9.17) is 5.53 Å². The summed E-state index contributed by atoms with van der Waals surface area (Å²) in [6.45, 7) is 9.50. The number of hydrogen-bond donors (Lipinski definition) is 2. The van der Waals surface area contributed by atoms with Gasteiger partial charge in [0.05, 0.1) is 0 Å². The van der Waals surface area contributed by atoms with Crippen molar-refractivity contribution in [2.45, 2.75) is 72.0 Å². The van der Waals surface area contributed by atoms with E-state index in [-0.39, 0.29) is 23.9 Å². The van der Waals surface area contributed by atoms with Crippen LogP contribution in [0.25, 0.3) is 10.4 Å². The first-order chi connectivity index (χ1) is 19.2. The standard InChI is InChI=1S/C29H40N6O5S/c1-19(2)14-23(12-13-41(6,39)40)31-28(37)26(15-20(3)4)35-18-21(5)16-25(29(35)38)32-27(36)24(33-34-30)17-22-10-8-7-9-11-22/h7-13,16,18-20,23-24,26H,14-15,17H2,1-6H3,(H,31,37)(H,32,36)/b13-12+/t23-,24+,26-/m1/s1. The minimum absolute atomic E-state index is 0.0338. The topological polar surface area (TPSA) is 163 Å². The predicted octanol–water partition coefficient (Wildman–Crippen LogP) is 4.69. The lowest BCUT2D eigenvalue weighted by Gasteiger charge is -2.25. The van der Waals surface area contributed by atoms with Crippen molar-refractivity contribution in [3.63, 3.8) is 0 Å². The molecule has 2 amide bonds. The summed E-state index contributed by atoms with van der Waals surface area (Å²) in [6.07, 6.45) is 5.05. The lowest BCUT2D eigenvalue weighted by atomic mass is 10.00. The highest BCUT2D eigenvalue weighted by Crippen LogP contribution is 2.20. The number of rotatable bonds is 14. The molecule has 0 radical (unpaired) electrons. The Hall–Kier alpha value is -3.89. The molecule has 11 nitrogen and oxygen atoms in total. The Labute approximate surface area is 241 Å². The molecule has 3 atom stereocenters. The van der Waals surface area contributed by atoms with E-state index in [1.165, 1.54) is 16.7 Å². The average Bonchev–Trinajstić information content (AvgIpc) is 2.87. The van der Waals surface area contributed by atoms with Crippen LogP contribution in [0.1, 0.15) is 57.7 Å². The van der Waals surface area contributed by atoms with E-state index >= 15 is 0 Å². The van der Waals surface area contributed by atoms with E-state index in [1.54, 1.807) is 25.3 Å². The fourth-order valence-electron chi connectivity index (χ4n) is 4.37. The van der Waals surface area contributed by atoms with E-state index in [1.807, 2.05) is 45.9 Å². The third kappa shape index (κ3) is 11.3. The van der Waals surface area contributed by atoms with Gasteiger partial charge in [0.25, 0.3) is 5.56 Å². The number of nitrogens with one attached hydrogen (secondary N) is 2. The molecule has 2 N–H and O–H groups in total. The number of hydrogen-bond acceptors (Lipinski definition) is 6. The van der Waals surface area contributed by atoms with Gasteiger partial charge in [0, 0.05) is 28.8 Å². The molecule has 0 aliphatic rings. The summed E-state index contributed by atoms with van der Waals surface area (Å²) >= 11 is 0. The van der Waals surface area contributed by atoms with Crippen LogP contribution in [0.2, 0.25) is 0 Å².